The average molecular weight is 217 g/mol. The number of rotatable bonds is 3. The molecular weight excluding hydrogens is 200 g/mol. The van der Waals surface area contributed by atoms with Gasteiger partial charge < -0.3 is 10.2 Å². The maximum absolute atomic E-state index is 5.67. The van der Waals surface area contributed by atoms with Crippen LogP contribution in [0.15, 0.2) is 16.3 Å². The fourth-order valence-electron chi connectivity index (χ4n) is 1.27. The van der Waals surface area contributed by atoms with Gasteiger partial charge in [0, 0.05) is 13.0 Å². The van der Waals surface area contributed by atoms with E-state index in [1.54, 1.807) is 6.26 Å². The molecule has 4 heteroatoms. The molecular formula is C10H17ClN2O. The third-order valence-electron chi connectivity index (χ3n) is 1.68. The maximum atomic E-state index is 5.67. The van der Waals surface area contributed by atoms with Crippen LogP contribution in [0.1, 0.15) is 31.9 Å². The number of hydrogen-bond acceptors (Lipinski definition) is 3. The van der Waals surface area contributed by atoms with Gasteiger partial charge in [-0.25, -0.2) is 4.98 Å². The van der Waals surface area contributed by atoms with E-state index in [1.807, 2.05) is 26.8 Å². The van der Waals surface area contributed by atoms with Crippen LogP contribution in [0.2, 0.25) is 0 Å². The number of oxazole rings is 1. The molecule has 0 saturated carbocycles. The normalized spacial score (nSPS) is 13.6. The van der Waals surface area contributed by atoms with Crippen molar-refractivity contribution >= 4 is 18.5 Å². The van der Waals surface area contributed by atoms with E-state index in [4.69, 9.17) is 10.2 Å². The van der Waals surface area contributed by atoms with E-state index in [-0.39, 0.29) is 18.4 Å². The molecule has 0 bridgehead atoms. The first-order valence-corrected chi connectivity index (χ1v) is 4.43. The Morgan fingerprint density at radius 2 is 2.36 bits per heavy atom. The van der Waals surface area contributed by atoms with Crippen LogP contribution in [-0.2, 0) is 0 Å². The fraction of sp³-hybridized carbons (Fsp3) is 0.500. The van der Waals surface area contributed by atoms with E-state index in [9.17, 15) is 0 Å². The van der Waals surface area contributed by atoms with Gasteiger partial charge in [-0.05, 0) is 26.3 Å². The molecule has 1 atom stereocenters. The van der Waals surface area contributed by atoms with Gasteiger partial charge in [-0.15, -0.1) is 12.4 Å². The van der Waals surface area contributed by atoms with Crippen LogP contribution in [-0.4, -0.2) is 11.0 Å². The molecule has 1 unspecified atom stereocenters. The van der Waals surface area contributed by atoms with Crippen molar-refractivity contribution in [3.05, 3.63) is 23.4 Å². The van der Waals surface area contributed by atoms with Crippen molar-refractivity contribution in [3.8, 4) is 0 Å². The molecule has 0 aliphatic rings. The molecule has 14 heavy (non-hydrogen) atoms. The Morgan fingerprint density at radius 1 is 1.71 bits per heavy atom. The molecule has 0 spiro atoms. The van der Waals surface area contributed by atoms with E-state index < -0.39 is 0 Å². The van der Waals surface area contributed by atoms with Gasteiger partial charge in [-0.3, -0.25) is 0 Å². The van der Waals surface area contributed by atoms with Crippen molar-refractivity contribution in [2.75, 3.05) is 0 Å². The van der Waals surface area contributed by atoms with E-state index in [0.29, 0.717) is 5.89 Å². The van der Waals surface area contributed by atoms with Crippen LogP contribution in [0, 0.1) is 6.92 Å². The minimum atomic E-state index is 0. The summed E-state index contributed by atoms with van der Waals surface area (Å²) in [7, 11) is 0. The number of nitrogens with two attached hydrogens (primary N) is 1. The molecule has 1 aromatic rings. The average Bonchev–Trinajstić information content (AvgIpc) is 2.33. The van der Waals surface area contributed by atoms with E-state index in [2.05, 4.69) is 4.98 Å². The van der Waals surface area contributed by atoms with Gasteiger partial charge in [0.05, 0.1) is 0 Å². The summed E-state index contributed by atoms with van der Waals surface area (Å²) >= 11 is 0. The molecule has 0 amide bonds. The second-order valence-corrected chi connectivity index (χ2v) is 3.46. The van der Waals surface area contributed by atoms with Gasteiger partial charge in [-0.1, -0.05) is 5.57 Å². The topological polar surface area (TPSA) is 52.0 Å². The summed E-state index contributed by atoms with van der Waals surface area (Å²) < 4.78 is 5.08. The van der Waals surface area contributed by atoms with Crippen LogP contribution in [0.4, 0.5) is 0 Å². The van der Waals surface area contributed by atoms with Crippen molar-refractivity contribution < 1.29 is 4.42 Å². The highest BCUT2D eigenvalue weighted by Gasteiger charge is 1.99. The van der Waals surface area contributed by atoms with Crippen molar-refractivity contribution in [2.24, 2.45) is 5.73 Å². The molecule has 0 aliphatic carbocycles. The molecule has 0 aliphatic heterocycles. The Labute approximate surface area is 90.8 Å². The van der Waals surface area contributed by atoms with Crippen LogP contribution in [0.5, 0.6) is 0 Å². The standard InChI is InChI=1S/C10H16N2O.ClH/c1-7(4-8(2)11)5-10-6-13-9(3)12-10;/h5-6,8H,4,11H2,1-3H3;1H/b7-5+;. The lowest BCUT2D eigenvalue weighted by Gasteiger charge is -2.03. The molecule has 0 fully saturated rings. The first-order chi connectivity index (χ1) is 6.08. The van der Waals surface area contributed by atoms with Crippen LogP contribution in [0.25, 0.3) is 6.08 Å². The minimum absolute atomic E-state index is 0. The smallest absolute Gasteiger partial charge is 0.191 e. The number of aromatic nitrogens is 1. The van der Waals surface area contributed by atoms with Crippen molar-refractivity contribution in [2.45, 2.75) is 33.2 Å². The predicted molar refractivity (Wildman–Crippen MR) is 60.4 cm³/mol. The number of halogens is 1. The zero-order chi connectivity index (χ0) is 9.84. The van der Waals surface area contributed by atoms with Crippen LogP contribution < -0.4 is 5.73 Å². The summed E-state index contributed by atoms with van der Waals surface area (Å²) in [6, 6.07) is 0.198. The molecule has 2 N–H and O–H groups in total. The Balaban J connectivity index is 0.00000169. The molecule has 0 radical (unpaired) electrons. The molecule has 1 rings (SSSR count). The van der Waals surface area contributed by atoms with Gasteiger partial charge in [-0.2, -0.15) is 0 Å². The minimum Gasteiger partial charge on any atom is -0.449 e. The molecule has 3 nitrogen and oxygen atoms in total. The molecule has 1 aromatic heterocycles. The Kier molecular flexibility index (Phi) is 5.50. The highest BCUT2D eigenvalue weighted by Crippen LogP contribution is 2.10. The van der Waals surface area contributed by atoms with E-state index >= 15 is 0 Å². The summed E-state index contributed by atoms with van der Waals surface area (Å²) in [5.41, 5.74) is 7.76. The third kappa shape index (κ3) is 4.44. The van der Waals surface area contributed by atoms with Gasteiger partial charge in [0.25, 0.3) is 0 Å². The van der Waals surface area contributed by atoms with Crippen molar-refractivity contribution in [3.63, 3.8) is 0 Å². The zero-order valence-electron chi connectivity index (χ0n) is 8.78. The monoisotopic (exact) mass is 216 g/mol. The van der Waals surface area contributed by atoms with Gasteiger partial charge in [0.1, 0.15) is 12.0 Å². The van der Waals surface area contributed by atoms with Crippen molar-refractivity contribution in [1.29, 1.82) is 0 Å². The third-order valence-corrected chi connectivity index (χ3v) is 1.68. The Morgan fingerprint density at radius 3 is 2.79 bits per heavy atom. The molecule has 1 heterocycles. The molecule has 0 saturated heterocycles. The van der Waals surface area contributed by atoms with Gasteiger partial charge >= 0.3 is 0 Å². The Hall–Kier alpha value is -0.800. The predicted octanol–water partition coefficient (Wildman–Crippen LogP) is 2.55. The highest BCUT2D eigenvalue weighted by molar-refractivity contribution is 5.85. The number of aryl methyl sites for hydroxylation is 1. The zero-order valence-corrected chi connectivity index (χ0v) is 9.60. The lowest BCUT2D eigenvalue weighted by atomic mass is 10.1. The fourth-order valence-corrected chi connectivity index (χ4v) is 1.27. The lowest BCUT2D eigenvalue weighted by Crippen LogP contribution is -2.14. The Bertz CT molecular complexity index is 305. The first-order valence-electron chi connectivity index (χ1n) is 4.43. The van der Waals surface area contributed by atoms with Gasteiger partial charge in [0.2, 0.25) is 0 Å². The second-order valence-electron chi connectivity index (χ2n) is 3.46. The highest BCUT2D eigenvalue weighted by atomic mass is 35.5. The lowest BCUT2D eigenvalue weighted by molar-refractivity contribution is 0.521. The van der Waals surface area contributed by atoms with Crippen LogP contribution >= 0.6 is 12.4 Å². The SMILES string of the molecule is C/C(=C\c1coc(C)n1)CC(C)N.Cl. The van der Waals surface area contributed by atoms with Crippen molar-refractivity contribution in [1.82, 2.24) is 4.98 Å². The van der Waals surface area contributed by atoms with Crippen LogP contribution in [0.3, 0.4) is 0 Å². The number of hydrogen-bond donors (Lipinski definition) is 1. The summed E-state index contributed by atoms with van der Waals surface area (Å²) in [6.45, 7) is 5.87. The molecule has 80 valence electrons. The quantitative estimate of drug-likeness (QED) is 0.845. The van der Waals surface area contributed by atoms with E-state index in [1.165, 1.54) is 5.57 Å². The number of nitrogens with zero attached hydrogens (tertiary/aromatic N) is 1. The second kappa shape index (κ2) is 5.83. The summed E-state index contributed by atoms with van der Waals surface area (Å²) in [4.78, 5) is 4.17. The summed E-state index contributed by atoms with van der Waals surface area (Å²) in [5.74, 6) is 0.694. The summed E-state index contributed by atoms with van der Waals surface area (Å²) in [6.07, 6.45) is 4.55. The largest absolute Gasteiger partial charge is 0.449 e. The van der Waals surface area contributed by atoms with Gasteiger partial charge in [0.15, 0.2) is 5.89 Å². The summed E-state index contributed by atoms with van der Waals surface area (Å²) in [5, 5.41) is 0. The maximum Gasteiger partial charge on any atom is 0.191 e. The van der Waals surface area contributed by atoms with E-state index in [0.717, 1.165) is 12.1 Å². The first kappa shape index (κ1) is 13.2. The molecule has 0 aromatic carbocycles.